The third-order valence-corrected chi connectivity index (χ3v) is 6.91. The second-order valence-electron chi connectivity index (χ2n) is 7.33. The van der Waals surface area contributed by atoms with E-state index in [9.17, 15) is 23.3 Å². The number of benzene rings is 2. The quantitative estimate of drug-likeness (QED) is 0.547. The second-order valence-corrected chi connectivity index (χ2v) is 9.10. The van der Waals surface area contributed by atoms with E-state index < -0.39 is 27.9 Å². The fourth-order valence-corrected chi connectivity index (χ4v) is 4.87. The molecule has 35 heavy (non-hydrogen) atoms. The van der Waals surface area contributed by atoms with Gasteiger partial charge in [0.15, 0.2) is 0 Å². The zero-order valence-electron chi connectivity index (χ0n) is 19.3. The Hall–Kier alpha value is -4.14. The van der Waals surface area contributed by atoms with Crippen molar-refractivity contribution in [1.82, 2.24) is 4.72 Å². The molecule has 0 fully saturated rings. The Bertz CT molecular complexity index is 1340. The molecule has 1 aliphatic heterocycles. The number of nitrogens with two attached hydrogens (primary N) is 1. The topological polar surface area (TPSA) is 152 Å². The normalized spacial score (nSPS) is 16.1. The Morgan fingerprint density at radius 1 is 1.06 bits per heavy atom. The van der Waals surface area contributed by atoms with Crippen LogP contribution in [0.5, 0.6) is 0 Å². The van der Waals surface area contributed by atoms with E-state index in [2.05, 4.69) is 10.8 Å². The molecule has 2 aromatic rings. The van der Waals surface area contributed by atoms with Gasteiger partial charge in [0.1, 0.15) is 11.5 Å². The molecule has 2 aromatic carbocycles. The molecule has 0 amide bonds. The summed E-state index contributed by atoms with van der Waals surface area (Å²) in [4.78, 5) is 27.2. The molecule has 1 unspecified atom stereocenters. The zero-order valence-corrected chi connectivity index (χ0v) is 20.1. The van der Waals surface area contributed by atoms with E-state index in [1.54, 1.807) is 37.3 Å². The summed E-state index contributed by atoms with van der Waals surface area (Å²) in [6, 6.07) is 16.1. The molecule has 3 N–H and O–H groups in total. The lowest BCUT2D eigenvalue weighted by Crippen LogP contribution is -2.40. The van der Waals surface area contributed by atoms with E-state index in [4.69, 9.17) is 15.2 Å². The van der Waals surface area contributed by atoms with Gasteiger partial charge in [-0.25, -0.2) is 22.7 Å². The summed E-state index contributed by atoms with van der Waals surface area (Å²) in [5, 5.41) is 10.0. The zero-order chi connectivity index (χ0) is 25.8. The van der Waals surface area contributed by atoms with Gasteiger partial charge in [-0.05, 0) is 29.8 Å². The number of carbonyl (C=O) groups excluding carboxylic acids is 2. The Morgan fingerprint density at radius 3 is 2.17 bits per heavy atom. The van der Waals surface area contributed by atoms with Gasteiger partial charge in [-0.3, -0.25) is 4.90 Å². The molecule has 0 aliphatic carbocycles. The summed E-state index contributed by atoms with van der Waals surface area (Å²) < 4.78 is 37.0. The lowest BCUT2D eigenvalue weighted by Gasteiger charge is -2.35. The van der Waals surface area contributed by atoms with E-state index in [1.807, 2.05) is 0 Å². The van der Waals surface area contributed by atoms with Gasteiger partial charge >= 0.3 is 11.9 Å². The molecule has 11 heteroatoms. The maximum Gasteiger partial charge on any atom is 0.355 e. The number of anilines is 1. The van der Waals surface area contributed by atoms with Crippen molar-refractivity contribution in [1.29, 1.82) is 5.26 Å². The average Bonchev–Trinajstić information content (AvgIpc) is 2.87. The van der Waals surface area contributed by atoms with Crippen LogP contribution < -0.4 is 15.4 Å². The SMILES string of the molecule is CCNS(=O)(=O)c1ccc(N2C(N)=C(C#N)C(c3ccccc3)C(C(=O)OC)=C2C(=O)OC)cc1. The maximum atomic E-state index is 13.0. The predicted molar refractivity (Wildman–Crippen MR) is 127 cm³/mol. The van der Waals surface area contributed by atoms with E-state index >= 15 is 0 Å². The Morgan fingerprint density at radius 2 is 1.66 bits per heavy atom. The van der Waals surface area contributed by atoms with Gasteiger partial charge in [-0.2, -0.15) is 5.26 Å². The second kappa shape index (κ2) is 10.4. The summed E-state index contributed by atoms with van der Waals surface area (Å²) >= 11 is 0. The summed E-state index contributed by atoms with van der Waals surface area (Å²) in [6.07, 6.45) is 0. The highest BCUT2D eigenvalue weighted by Gasteiger charge is 2.43. The van der Waals surface area contributed by atoms with Crippen LogP contribution in [0.25, 0.3) is 0 Å². The lowest BCUT2D eigenvalue weighted by atomic mass is 9.81. The average molecular weight is 497 g/mol. The number of nitrogens with one attached hydrogen (secondary N) is 1. The molecule has 0 radical (unpaired) electrons. The number of carbonyl (C=O) groups is 2. The molecule has 1 atom stereocenters. The molecule has 1 aliphatic rings. The fraction of sp³-hybridized carbons (Fsp3) is 0.208. The minimum absolute atomic E-state index is 0.00796. The maximum absolute atomic E-state index is 13.0. The van der Waals surface area contributed by atoms with Crippen LogP contribution in [0.4, 0.5) is 5.69 Å². The number of nitriles is 1. The van der Waals surface area contributed by atoms with Gasteiger partial charge in [-0.1, -0.05) is 37.3 Å². The van der Waals surface area contributed by atoms with Crippen molar-refractivity contribution < 1.29 is 27.5 Å². The van der Waals surface area contributed by atoms with Crippen LogP contribution in [0.15, 0.2) is 82.2 Å². The van der Waals surface area contributed by atoms with Crippen LogP contribution in [-0.2, 0) is 29.1 Å². The van der Waals surface area contributed by atoms with Crippen LogP contribution >= 0.6 is 0 Å². The molecular weight excluding hydrogens is 472 g/mol. The minimum atomic E-state index is -3.74. The molecule has 0 bridgehead atoms. The number of hydrogen-bond acceptors (Lipinski definition) is 9. The smallest absolute Gasteiger partial charge is 0.355 e. The summed E-state index contributed by atoms with van der Waals surface area (Å²) in [5.74, 6) is -2.85. The first-order valence-electron chi connectivity index (χ1n) is 10.5. The standard InChI is InChI=1S/C24H24N4O6S/c1-4-27-35(31,32)17-12-10-16(11-13-17)28-21(24(30)34-3)20(23(29)33-2)19(18(14-25)22(28)26)15-8-6-5-7-9-15/h5-13,19,27H,4,26H2,1-3H3. The molecular formula is C24H24N4O6S. The molecule has 182 valence electrons. The fourth-order valence-electron chi connectivity index (χ4n) is 3.83. The summed E-state index contributed by atoms with van der Waals surface area (Å²) in [6.45, 7) is 1.86. The summed E-state index contributed by atoms with van der Waals surface area (Å²) in [5.41, 5.74) is 6.81. The lowest BCUT2D eigenvalue weighted by molar-refractivity contribution is -0.139. The van der Waals surface area contributed by atoms with Gasteiger partial charge in [0.2, 0.25) is 10.0 Å². The van der Waals surface area contributed by atoms with Crippen molar-refractivity contribution in [2.75, 3.05) is 25.7 Å². The predicted octanol–water partition coefficient (Wildman–Crippen LogP) is 1.88. The largest absolute Gasteiger partial charge is 0.466 e. The van der Waals surface area contributed by atoms with Gasteiger partial charge in [0, 0.05) is 12.2 Å². The third-order valence-electron chi connectivity index (χ3n) is 5.35. The molecule has 10 nitrogen and oxygen atoms in total. The number of allylic oxidation sites excluding steroid dienone is 1. The molecule has 0 saturated carbocycles. The Labute approximate surface area is 203 Å². The van der Waals surface area contributed by atoms with Gasteiger partial charge in [0.25, 0.3) is 0 Å². The number of sulfonamides is 1. The Balaban J connectivity index is 2.31. The van der Waals surface area contributed by atoms with E-state index in [-0.39, 0.29) is 39.8 Å². The van der Waals surface area contributed by atoms with E-state index in [0.29, 0.717) is 5.56 Å². The third kappa shape index (κ3) is 4.75. The molecule has 0 spiro atoms. The van der Waals surface area contributed by atoms with Crippen molar-refractivity contribution in [2.45, 2.75) is 17.7 Å². The first-order valence-corrected chi connectivity index (χ1v) is 11.9. The number of ether oxygens (including phenoxy) is 2. The number of hydrogen-bond donors (Lipinski definition) is 2. The number of rotatable bonds is 7. The van der Waals surface area contributed by atoms with Crippen LogP contribution in [0.2, 0.25) is 0 Å². The van der Waals surface area contributed by atoms with E-state index in [0.717, 1.165) is 14.2 Å². The van der Waals surface area contributed by atoms with Crippen LogP contribution in [0, 0.1) is 11.3 Å². The minimum Gasteiger partial charge on any atom is -0.466 e. The van der Waals surface area contributed by atoms with Crippen LogP contribution in [-0.4, -0.2) is 41.1 Å². The highest BCUT2D eigenvalue weighted by Crippen LogP contribution is 2.43. The van der Waals surface area contributed by atoms with Crippen molar-refractivity contribution >= 4 is 27.6 Å². The van der Waals surface area contributed by atoms with Crippen molar-refractivity contribution in [3.05, 3.63) is 82.8 Å². The monoisotopic (exact) mass is 496 g/mol. The summed E-state index contributed by atoms with van der Waals surface area (Å²) in [7, 11) is -1.43. The van der Waals surface area contributed by atoms with Crippen LogP contribution in [0.1, 0.15) is 18.4 Å². The number of esters is 2. The molecule has 0 saturated heterocycles. The molecule has 1 heterocycles. The first-order chi connectivity index (χ1) is 16.7. The van der Waals surface area contributed by atoms with Gasteiger partial charge < -0.3 is 15.2 Å². The van der Waals surface area contributed by atoms with Crippen LogP contribution in [0.3, 0.4) is 0 Å². The van der Waals surface area contributed by atoms with Crippen molar-refractivity contribution in [3.8, 4) is 6.07 Å². The molecule has 3 rings (SSSR count). The number of methoxy groups -OCH3 is 2. The molecule has 0 aromatic heterocycles. The highest BCUT2D eigenvalue weighted by atomic mass is 32.2. The Kier molecular flexibility index (Phi) is 7.58. The number of nitrogens with zero attached hydrogens (tertiary/aromatic N) is 2. The highest BCUT2D eigenvalue weighted by molar-refractivity contribution is 7.89. The van der Waals surface area contributed by atoms with Crippen molar-refractivity contribution in [2.24, 2.45) is 5.73 Å². The first kappa shape index (κ1) is 25.5. The van der Waals surface area contributed by atoms with Crippen molar-refractivity contribution in [3.63, 3.8) is 0 Å². The van der Waals surface area contributed by atoms with Gasteiger partial charge in [-0.15, -0.1) is 0 Å². The van der Waals surface area contributed by atoms with E-state index in [1.165, 1.54) is 29.2 Å². The van der Waals surface area contributed by atoms with Gasteiger partial charge in [0.05, 0.1) is 42.2 Å².